The van der Waals surface area contributed by atoms with E-state index in [9.17, 15) is 4.39 Å². The highest BCUT2D eigenvalue weighted by Crippen LogP contribution is 2.24. The van der Waals surface area contributed by atoms with Gasteiger partial charge < -0.3 is 9.30 Å². The molecule has 0 aliphatic carbocycles. The fourth-order valence-corrected chi connectivity index (χ4v) is 2.78. The summed E-state index contributed by atoms with van der Waals surface area (Å²) in [6.07, 6.45) is 0.443. The van der Waals surface area contributed by atoms with Crippen molar-refractivity contribution in [3.05, 3.63) is 58.1 Å². The number of aromatic nitrogens is 2. The maximum absolute atomic E-state index is 14.1. The number of rotatable bonds is 3. The normalized spacial score (nSPS) is 11.0. The Morgan fingerprint density at radius 1 is 1.29 bits per heavy atom. The second-order valence-electron chi connectivity index (χ2n) is 4.83. The fraction of sp³-hybridized carbons (Fsp3) is 0.188. The number of halogens is 2. The van der Waals surface area contributed by atoms with E-state index in [1.807, 2.05) is 35.9 Å². The van der Waals surface area contributed by atoms with E-state index in [0.29, 0.717) is 16.5 Å². The molecule has 0 saturated heterocycles. The van der Waals surface area contributed by atoms with Crippen molar-refractivity contribution in [2.24, 2.45) is 7.05 Å². The summed E-state index contributed by atoms with van der Waals surface area (Å²) < 4.78 is 21.8. The average molecular weight is 349 g/mol. The quantitative estimate of drug-likeness (QED) is 0.713. The number of aryl methyl sites for hydroxylation is 1. The molecule has 3 aromatic rings. The summed E-state index contributed by atoms with van der Waals surface area (Å²) in [5.74, 6) is 1.35. The van der Waals surface area contributed by atoms with Crippen molar-refractivity contribution in [1.82, 2.24) is 9.55 Å². The Morgan fingerprint density at radius 2 is 2.10 bits per heavy atom. The number of benzene rings is 2. The van der Waals surface area contributed by atoms with E-state index in [0.717, 1.165) is 22.6 Å². The first-order valence-corrected chi connectivity index (χ1v) is 7.31. The van der Waals surface area contributed by atoms with E-state index in [1.54, 1.807) is 19.2 Å². The van der Waals surface area contributed by atoms with Crippen LogP contribution in [0.3, 0.4) is 0 Å². The zero-order chi connectivity index (χ0) is 15.0. The molecular weight excluding hydrogens is 335 g/mol. The number of hydrogen-bond donors (Lipinski definition) is 0. The van der Waals surface area contributed by atoms with Crippen LogP contribution in [0.15, 0.2) is 40.9 Å². The molecule has 2 aromatic carbocycles. The molecule has 21 heavy (non-hydrogen) atoms. The molecule has 1 aromatic heterocycles. The van der Waals surface area contributed by atoms with Gasteiger partial charge in [-0.2, -0.15) is 0 Å². The number of ether oxygens (including phenoxy) is 1. The van der Waals surface area contributed by atoms with Gasteiger partial charge in [0.05, 0.1) is 22.6 Å². The third-order valence-corrected chi connectivity index (χ3v) is 4.17. The van der Waals surface area contributed by atoms with E-state index in [-0.39, 0.29) is 5.82 Å². The summed E-state index contributed by atoms with van der Waals surface area (Å²) in [7, 11) is 3.56. The van der Waals surface area contributed by atoms with Crippen molar-refractivity contribution < 1.29 is 9.13 Å². The van der Waals surface area contributed by atoms with Gasteiger partial charge in [0.25, 0.3) is 0 Å². The van der Waals surface area contributed by atoms with Gasteiger partial charge >= 0.3 is 0 Å². The lowest BCUT2D eigenvalue weighted by atomic mass is 10.1. The highest BCUT2D eigenvalue weighted by atomic mass is 79.9. The zero-order valence-corrected chi connectivity index (χ0v) is 13.3. The standard InChI is InChI=1S/C16H14BrFN2O/c1-20-14-7-6-11(21-2)9-13(14)19-15(20)8-10-4-3-5-12(17)16(10)18/h3-7,9H,8H2,1-2H3. The molecule has 0 unspecified atom stereocenters. The molecule has 3 rings (SSSR count). The van der Waals surface area contributed by atoms with Crippen molar-refractivity contribution in [2.75, 3.05) is 7.11 Å². The van der Waals surface area contributed by atoms with Gasteiger partial charge in [-0.1, -0.05) is 12.1 Å². The summed E-state index contributed by atoms with van der Waals surface area (Å²) in [6.45, 7) is 0. The SMILES string of the molecule is COc1ccc2c(c1)nc(Cc1cccc(Br)c1F)n2C. The maximum Gasteiger partial charge on any atom is 0.141 e. The van der Waals surface area contributed by atoms with Crippen molar-refractivity contribution in [1.29, 1.82) is 0 Å². The Bertz CT molecular complexity index is 813. The van der Waals surface area contributed by atoms with E-state index < -0.39 is 0 Å². The van der Waals surface area contributed by atoms with E-state index in [1.165, 1.54) is 0 Å². The largest absolute Gasteiger partial charge is 0.497 e. The van der Waals surface area contributed by atoms with Crippen molar-refractivity contribution in [3.63, 3.8) is 0 Å². The first-order chi connectivity index (χ1) is 10.1. The summed E-state index contributed by atoms with van der Waals surface area (Å²) in [5.41, 5.74) is 2.47. The van der Waals surface area contributed by atoms with Gasteiger partial charge in [-0.05, 0) is 39.7 Å². The Hall–Kier alpha value is -1.88. The molecule has 0 spiro atoms. The minimum atomic E-state index is -0.234. The number of fused-ring (bicyclic) bond motifs is 1. The lowest BCUT2D eigenvalue weighted by Crippen LogP contribution is -2.01. The van der Waals surface area contributed by atoms with Crippen LogP contribution in [0.4, 0.5) is 4.39 Å². The van der Waals surface area contributed by atoms with Crippen LogP contribution < -0.4 is 4.74 Å². The molecule has 0 aliphatic heterocycles. The molecule has 0 amide bonds. The molecule has 3 nitrogen and oxygen atoms in total. The number of imidazole rings is 1. The van der Waals surface area contributed by atoms with Crippen molar-refractivity contribution in [2.45, 2.75) is 6.42 Å². The molecule has 0 aliphatic rings. The molecule has 1 heterocycles. The monoisotopic (exact) mass is 348 g/mol. The van der Waals surface area contributed by atoms with Gasteiger partial charge in [-0.3, -0.25) is 0 Å². The molecule has 0 N–H and O–H groups in total. The summed E-state index contributed by atoms with van der Waals surface area (Å²) >= 11 is 3.21. The van der Waals surface area contributed by atoms with E-state index in [2.05, 4.69) is 20.9 Å². The molecule has 0 radical (unpaired) electrons. The second-order valence-corrected chi connectivity index (χ2v) is 5.69. The first-order valence-electron chi connectivity index (χ1n) is 6.52. The molecule has 108 valence electrons. The summed E-state index contributed by atoms with van der Waals surface area (Å²) in [4.78, 5) is 4.59. The Balaban J connectivity index is 2.04. The number of hydrogen-bond acceptors (Lipinski definition) is 2. The third-order valence-electron chi connectivity index (χ3n) is 3.56. The highest BCUT2D eigenvalue weighted by Gasteiger charge is 2.12. The van der Waals surface area contributed by atoms with Gasteiger partial charge in [0.2, 0.25) is 0 Å². The average Bonchev–Trinajstić information content (AvgIpc) is 2.79. The highest BCUT2D eigenvalue weighted by molar-refractivity contribution is 9.10. The van der Waals surface area contributed by atoms with Gasteiger partial charge in [-0.25, -0.2) is 9.37 Å². The van der Waals surface area contributed by atoms with Crippen LogP contribution in [0.5, 0.6) is 5.75 Å². The van der Waals surface area contributed by atoms with Crippen molar-refractivity contribution in [3.8, 4) is 5.75 Å². The predicted molar refractivity (Wildman–Crippen MR) is 84.2 cm³/mol. The van der Waals surface area contributed by atoms with Gasteiger partial charge in [-0.15, -0.1) is 0 Å². The van der Waals surface area contributed by atoms with E-state index >= 15 is 0 Å². The van der Waals surface area contributed by atoms with Gasteiger partial charge in [0.15, 0.2) is 0 Å². The van der Waals surface area contributed by atoms with Gasteiger partial charge in [0.1, 0.15) is 17.4 Å². The van der Waals surface area contributed by atoms with Crippen LogP contribution in [0.2, 0.25) is 0 Å². The van der Waals surface area contributed by atoms with Crippen molar-refractivity contribution >= 4 is 27.0 Å². The maximum atomic E-state index is 14.1. The van der Waals surface area contributed by atoms with Crippen LogP contribution >= 0.6 is 15.9 Å². The minimum absolute atomic E-state index is 0.234. The van der Waals surface area contributed by atoms with Crippen LogP contribution in [0.25, 0.3) is 11.0 Å². The lowest BCUT2D eigenvalue weighted by molar-refractivity contribution is 0.415. The molecule has 0 fully saturated rings. The van der Waals surface area contributed by atoms with Gasteiger partial charge in [0, 0.05) is 19.5 Å². The minimum Gasteiger partial charge on any atom is -0.497 e. The molecule has 0 atom stereocenters. The number of methoxy groups -OCH3 is 1. The summed E-state index contributed by atoms with van der Waals surface area (Å²) in [5, 5.41) is 0. The second kappa shape index (κ2) is 5.48. The molecule has 5 heteroatoms. The fourth-order valence-electron chi connectivity index (χ4n) is 2.37. The smallest absolute Gasteiger partial charge is 0.141 e. The first kappa shape index (κ1) is 14.1. The van der Waals surface area contributed by atoms with Crippen LogP contribution in [0.1, 0.15) is 11.4 Å². The third kappa shape index (κ3) is 2.53. The molecular formula is C16H14BrFN2O. The topological polar surface area (TPSA) is 27.1 Å². The Kier molecular flexibility index (Phi) is 3.68. The Labute approximate surface area is 130 Å². The predicted octanol–water partition coefficient (Wildman–Crippen LogP) is 4.07. The summed E-state index contributed by atoms with van der Waals surface area (Å²) in [6, 6.07) is 11.0. The Morgan fingerprint density at radius 3 is 2.86 bits per heavy atom. The van der Waals surface area contributed by atoms with Crippen LogP contribution in [-0.2, 0) is 13.5 Å². The number of nitrogens with zero attached hydrogens (tertiary/aromatic N) is 2. The van der Waals surface area contributed by atoms with Crippen LogP contribution in [0, 0.1) is 5.82 Å². The molecule has 0 saturated carbocycles. The lowest BCUT2D eigenvalue weighted by Gasteiger charge is -2.05. The van der Waals surface area contributed by atoms with Crippen LogP contribution in [-0.4, -0.2) is 16.7 Å². The molecule has 0 bridgehead atoms. The zero-order valence-electron chi connectivity index (χ0n) is 11.7. The van der Waals surface area contributed by atoms with E-state index in [4.69, 9.17) is 4.74 Å².